The van der Waals surface area contributed by atoms with E-state index in [1.807, 2.05) is 12.1 Å². The van der Waals surface area contributed by atoms with Crippen molar-refractivity contribution >= 4 is 5.97 Å². The van der Waals surface area contributed by atoms with E-state index in [0.29, 0.717) is 5.56 Å². The third-order valence-corrected chi connectivity index (χ3v) is 3.72. The first-order valence-electron chi connectivity index (χ1n) is 7.62. The van der Waals surface area contributed by atoms with Gasteiger partial charge < -0.3 is 5.11 Å². The summed E-state index contributed by atoms with van der Waals surface area (Å²) in [6.07, 6.45) is 7.08. The fourth-order valence-corrected chi connectivity index (χ4v) is 2.47. The van der Waals surface area contributed by atoms with Crippen LogP contribution in [0.25, 0.3) is 0 Å². The highest BCUT2D eigenvalue weighted by molar-refractivity contribution is 5.87. The van der Waals surface area contributed by atoms with E-state index in [9.17, 15) is 4.79 Å². The highest BCUT2D eigenvalue weighted by Crippen LogP contribution is 2.11. The van der Waals surface area contributed by atoms with Crippen LogP contribution in [-0.2, 0) is 12.8 Å². The van der Waals surface area contributed by atoms with Crippen molar-refractivity contribution in [3.63, 3.8) is 0 Å². The van der Waals surface area contributed by atoms with Crippen molar-refractivity contribution in [1.29, 1.82) is 0 Å². The Morgan fingerprint density at radius 3 is 1.76 bits per heavy atom. The van der Waals surface area contributed by atoms with Crippen molar-refractivity contribution in [1.82, 2.24) is 0 Å². The lowest BCUT2D eigenvalue weighted by Crippen LogP contribution is -1.96. The van der Waals surface area contributed by atoms with Crippen LogP contribution in [0.2, 0.25) is 0 Å². The topological polar surface area (TPSA) is 37.3 Å². The molecule has 0 heterocycles. The van der Waals surface area contributed by atoms with Gasteiger partial charge in [-0.25, -0.2) is 4.79 Å². The molecule has 2 heteroatoms. The molecule has 0 bridgehead atoms. The lowest BCUT2D eigenvalue weighted by Gasteiger charge is -2.03. The number of carboxylic acids is 1. The predicted octanol–water partition coefficient (Wildman–Crippen LogP) is 4.73. The summed E-state index contributed by atoms with van der Waals surface area (Å²) in [6.45, 7) is 0. The number of carboxylic acid groups (broad SMARTS) is 1. The molecule has 0 saturated carbocycles. The van der Waals surface area contributed by atoms with Crippen LogP contribution < -0.4 is 0 Å². The molecule has 110 valence electrons. The smallest absolute Gasteiger partial charge is 0.335 e. The summed E-state index contributed by atoms with van der Waals surface area (Å²) < 4.78 is 0. The number of aryl methyl sites for hydroxylation is 2. The van der Waals surface area contributed by atoms with Gasteiger partial charge in [-0.15, -0.1) is 0 Å². The fourth-order valence-electron chi connectivity index (χ4n) is 2.47. The first kappa shape index (κ1) is 15.3. The second kappa shape index (κ2) is 8.25. The number of rotatable bonds is 8. The molecule has 2 nitrogen and oxygen atoms in total. The molecule has 0 unspecified atom stereocenters. The van der Waals surface area contributed by atoms with Gasteiger partial charge in [0.25, 0.3) is 0 Å². The van der Waals surface area contributed by atoms with Gasteiger partial charge in [-0.1, -0.05) is 55.3 Å². The van der Waals surface area contributed by atoms with Gasteiger partial charge in [-0.2, -0.15) is 0 Å². The molecule has 2 aromatic rings. The SMILES string of the molecule is O=C(O)c1ccc(CCCCCCc2ccccc2)cc1. The maximum Gasteiger partial charge on any atom is 0.335 e. The maximum atomic E-state index is 10.8. The zero-order valence-corrected chi connectivity index (χ0v) is 12.3. The van der Waals surface area contributed by atoms with Crippen molar-refractivity contribution in [3.05, 3.63) is 71.3 Å². The summed E-state index contributed by atoms with van der Waals surface area (Å²) >= 11 is 0. The average Bonchev–Trinajstić information content (AvgIpc) is 2.52. The van der Waals surface area contributed by atoms with Crippen molar-refractivity contribution in [2.24, 2.45) is 0 Å². The fraction of sp³-hybridized carbons (Fsp3) is 0.316. The first-order valence-corrected chi connectivity index (χ1v) is 7.62. The second-order valence-electron chi connectivity index (χ2n) is 5.40. The Hall–Kier alpha value is -2.09. The van der Waals surface area contributed by atoms with Crippen molar-refractivity contribution in [3.8, 4) is 0 Å². The molecule has 0 saturated heterocycles. The van der Waals surface area contributed by atoms with Crippen molar-refractivity contribution < 1.29 is 9.90 Å². The number of hydrogen-bond donors (Lipinski definition) is 1. The van der Waals surface area contributed by atoms with Crippen LogP contribution in [0.4, 0.5) is 0 Å². The van der Waals surface area contributed by atoms with Crippen LogP contribution in [-0.4, -0.2) is 11.1 Å². The molecule has 0 atom stereocenters. The number of aromatic carboxylic acids is 1. The zero-order valence-electron chi connectivity index (χ0n) is 12.3. The second-order valence-corrected chi connectivity index (χ2v) is 5.40. The minimum atomic E-state index is -0.859. The van der Waals surface area contributed by atoms with Gasteiger partial charge >= 0.3 is 5.97 Å². The summed E-state index contributed by atoms with van der Waals surface area (Å²) in [5.41, 5.74) is 3.01. The molecule has 0 amide bonds. The van der Waals surface area contributed by atoms with Crippen LogP contribution in [0.5, 0.6) is 0 Å². The van der Waals surface area contributed by atoms with E-state index in [1.165, 1.54) is 36.8 Å². The Balaban J connectivity index is 1.60. The Morgan fingerprint density at radius 2 is 1.24 bits per heavy atom. The molecule has 2 rings (SSSR count). The molecular formula is C19H22O2. The summed E-state index contributed by atoms with van der Waals surface area (Å²) in [5.74, 6) is -0.859. The van der Waals surface area contributed by atoms with Crippen molar-refractivity contribution in [2.45, 2.75) is 38.5 Å². The highest BCUT2D eigenvalue weighted by atomic mass is 16.4. The number of benzene rings is 2. The van der Waals surface area contributed by atoms with Gasteiger partial charge in [0.05, 0.1) is 5.56 Å². The lowest BCUT2D eigenvalue weighted by atomic mass is 10.0. The third kappa shape index (κ3) is 5.42. The largest absolute Gasteiger partial charge is 0.478 e. The van der Waals surface area contributed by atoms with E-state index in [4.69, 9.17) is 5.11 Å². The Kier molecular flexibility index (Phi) is 6.01. The monoisotopic (exact) mass is 282 g/mol. The normalized spacial score (nSPS) is 10.5. The van der Waals surface area contributed by atoms with Gasteiger partial charge in [0.15, 0.2) is 0 Å². The van der Waals surface area contributed by atoms with E-state index in [1.54, 1.807) is 12.1 Å². The molecule has 0 aliphatic rings. The quantitative estimate of drug-likeness (QED) is 0.711. The summed E-state index contributed by atoms with van der Waals surface area (Å²) in [5, 5.41) is 8.84. The summed E-state index contributed by atoms with van der Waals surface area (Å²) in [4.78, 5) is 10.8. The molecule has 2 aromatic carbocycles. The number of hydrogen-bond acceptors (Lipinski definition) is 1. The van der Waals surface area contributed by atoms with Gasteiger partial charge in [-0.3, -0.25) is 0 Å². The minimum Gasteiger partial charge on any atom is -0.478 e. The molecule has 0 radical (unpaired) electrons. The highest BCUT2D eigenvalue weighted by Gasteiger charge is 2.01. The van der Waals surface area contributed by atoms with Crippen LogP contribution in [0, 0.1) is 0 Å². The van der Waals surface area contributed by atoms with Crippen LogP contribution in [0.3, 0.4) is 0 Å². The molecular weight excluding hydrogens is 260 g/mol. The molecule has 1 N–H and O–H groups in total. The Labute approximate surface area is 126 Å². The van der Waals surface area contributed by atoms with Gasteiger partial charge in [-0.05, 0) is 48.9 Å². The Bertz CT molecular complexity index is 544. The summed E-state index contributed by atoms with van der Waals surface area (Å²) in [6, 6.07) is 17.8. The number of unbranched alkanes of at least 4 members (excludes halogenated alkanes) is 3. The van der Waals surface area contributed by atoms with E-state index in [-0.39, 0.29) is 0 Å². The minimum absolute atomic E-state index is 0.363. The molecule has 0 aromatic heterocycles. The first-order chi connectivity index (χ1) is 10.3. The zero-order chi connectivity index (χ0) is 14.9. The number of carbonyl (C=O) groups is 1. The molecule has 21 heavy (non-hydrogen) atoms. The molecule has 0 aliphatic carbocycles. The van der Waals surface area contributed by atoms with E-state index >= 15 is 0 Å². The van der Waals surface area contributed by atoms with E-state index in [2.05, 4.69) is 30.3 Å². The van der Waals surface area contributed by atoms with Gasteiger partial charge in [0, 0.05) is 0 Å². The summed E-state index contributed by atoms with van der Waals surface area (Å²) in [7, 11) is 0. The standard InChI is InChI=1S/C19H22O2/c20-19(21)18-14-12-17(13-15-18)11-5-2-1-4-8-16-9-6-3-7-10-16/h3,6-7,9-10,12-15H,1-2,4-5,8,11H2,(H,20,21). The predicted molar refractivity (Wildman–Crippen MR) is 85.7 cm³/mol. The van der Waals surface area contributed by atoms with Gasteiger partial charge in [0.1, 0.15) is 0 Å². The molecule has 0 aliphatic heterocycles. The molecule has 0 spiro atoms. The van der Waals surface area contributed by atoms with E-state index in [0.717, 1.165) is 12.8 Å². The average molecular weight is 282 g/mol. The maximum absolute atomic E-state index is 10.8. The van der Waals surface area contributed by atoms with Crippen LogP contribution in [0.15, 0.2) is 54.6 Å². The van der Waals surface area contributed by atoms with Crippen LogP contribution >= 0.6 is 0 Å². The van der Waals surface area contributed by atoms with E-state index < -0.39 is 5.97 Å². The van der Waals surface area contributed by atoms with Gasteiger partial charge in [0.2, 0.25) is 0 Å². The van der Waals surface area contributed by atoms with Crippen molar-refractivity contribution in [2.75, 3.05) is 0 Å². The third-order valence-electron chi connectivity index (χ3n) is 3.72. The Morgan fingerprint density at radius 1 is 0.714 bits per heavy atom. The van der Waals surface area contributed by atoms with Crippen LogP contribution in [0.1, 0.15) is 47.2 Å². The lowest BCUT2D eigenvalue weighted by molar-refractivity contribution is 0.0697. The molecule has 0 fully saturated rings.